The van der Waals surface area contributed by atoms with Gasteiger partial charge in [0.05, 0.1) is 0 Å². The molecule has 0 atom stereocenters. The number of rotatable bonds is 9. The van der Waals surface area contributed by atoms with Crippen LogP contribution in [0.1, 0.15) is 0 Å². The van der Waals surface area contributed by atoms with Crippen molar-refractivity contribution >= 4 is 130 Å². The molecule has 0 radical (unpaired) electrons. The molecule has 0 fully saturated rings. The van der Waals surface area contributed by atoms with Crippen molar-refractivity contribution in [2.75, 3.05) is 0 Å². The summed E-state index contributed by atoms with van der Waals surface area (Å²) >= 11 is 0. The van der Waals surface area contributed by atoms with Crippen LogP contribution in [0.15, 0.2) is 349 Å². The predicted molar refractivity (Wildman–Crippen MR) is 437 cm³/mol. The molecule has 0 saturated heterocycles. The SMILES string of the molecule is c1ccc(-c2nc(-c3ccc4ccccc4c3)nc(-c3cc(-c4ccc5cc(-c6nc(-c7ccccc7)nc(-c7ccc(-c8ccc9c(ccc%10ccc%11ccccc%11c%109)c8)c8oc9ccccc9c78)n6)ccc5c4)cc4oc5c(-c6ccc7c(ccc8ccc9ccccc9c87)c6)cccc5c34)n2)cc1. The van der Waals surface area contributed by atoms with Gasteiger partial charge in [-0.15, -0.1) is 0 Å². The largest absolute Gasteiger partial charge is 0.455 e. The fourth-order valence-corrected chi connectivity index (χ4v) is 16.3. The van der Waals surface area contributed by atoms with Gasteiger partial charge in [0.1, 0.15) is 22.3 Å². The van der Waals surface area contributed by atoms with Gasteiger partial charge in [-0.1, -0.05) is 279 Å². The molecule has 0 aliphatic rings. The second-order valence-electron chi connectivity index (χ2n) is 27.6. The third-order valence-electron chi connectivity index (χ3n) is 21.5. The fourth-order valence-electron chi connectivity index (χ4n) is 16.3. The maximum Gasteiger partial charge on any atom is 0.164 e. The van der Waals surface area contributed by atoms with Crippen molar-refractivity contribution in [3.63, 3.8) is 0 Å². The topological polar surface area (TPSA) is 104 Å². The van der Waals surface area contributed by atoms with Gasteiger partial charge in [-0.2, -0.15) is 0 Å². The number of hydrogen-bond acceptors (Lipinski definition) is 8. The molecule has 4 aromatic heterocycles. The molecule has 0 bridgehead atoms. The summed E-state index contributed by atoms with van der Waals surface area (Å²) < 4.78 is 14.3. The van der Waals surface area contributed by atoms with E-state index in [1.54, 1.807) is 0 Å². The number of fused-ring (bicyclic) bond motifs is 18. The van der Waals surface area contributed by atoms with Gasteiger partial charge in [0.25, 0.3) is 0 Å². The van der Waals surface area contributed by atoms with Crippen molar-refractivity contribution in [3.05, 3.63) is 340 Å². The number of hydrogen-bond donors (Lipinski definition) is 0. The molecule has 490 valence electrons. The first kappa shape index (κ1) is 59.4. The van der Waals surface area contributed by atoms with Crippen molar-refractivity contribution in [2.24, 2.45) is 0 Å². The number of nitrogens with zero attached hydrogens (tertiary/aromatic N) is 6. The quantitative estimate of drug-likeness (QED) is 0.132. The van der Waals surface area contributed by atoms with Gasteiger partial charge in [-0.05, 0) is 169 Å². The van der Waals surface area contributed by atoms with Gasteiger partial charge in [-0.3, -0.25) is 0 Å². The summed E-state index contributed by atoms with van der Waals surface area (Å²) in [5.41, 5.74) is 14.2. The van der Waals surface area contributed by atoms with E-state index in [1.807, 2.05) is 48.5 Å². The van der Waals surface area contributed by atoms with Crippen molar-refractivity contribution in [1.29, 1.82) is 0 Å². The van der Waals surface area contributed by atoms with Crippen LogP contribution in [0.25, 0.3) is 232 Å². The molecule has 0 aliphatic heterocycles. The average Bonchev–Trinajstić information content (AvgIpc) is 1.54. The van der Waals surface area contributed by atoms with Gasteiger partial charge in [0.2, 0.25) is 0 Å². The van der Waals surface area contributed by atoms with Gasteiger partial charge >= 0.3 is 0 Å². The van der Waals surface area contributed by atoms with E-state index >= 15 is 0 Å². The lowest BCUT2D eigenvalue weighted by Gasteiger charge is -2.13. The van der Waals surface area contributed by atoms with E-state index in [0.29, 0.717) is 40.5 Å². The molecule has 22 rings (SSSR count). The van der Waals surface area contributed by atoms with Gasteiger partial charge in [0, 0.05) is 66.1 Å². The summed E-state index contributed by atoms with van der Waals surface area (Å²) in [6.07, 6.45) is 0. The molecular weight excluding hydrogens is 1290 g/mol. The van der Waals surface area contributed by atoms with Crippen LogP contribution in [0.4, 0.5) is 0 Å². The maximum atomic E-state index is 7.32. The molecule has 0 unspecified atom stereocenters. The highest BCUT2D eigenvalue weighted by Crippen LogP contribution is 2.47. The summed E-state index contributed by atoms with van der Waals surface area (Å²) in [6, 6.07) is 120. The number of furan rings is 2. The highest BCUT2D eigenvalue weighted by atomic mass is 16.3. The molecule has 0 saturated carbocycles. The van der Waals surface area contributed by atoms with Crippen LogP contribution in [0, 0.1) is 0 Å². The molecule has 0 amide bonds. The number of para-hydroxylation sites is 2. The molecule has 0 N–H and O–H groups in total. The predicted octanol–water partition coefficient (Wildman–Crippen LogP) is 26.1. The molecule has 18 aromatic carbocycles. The lowest BCUT2D eigenvalue weighted by molar-refractivity contribution is 0.669. The van der Waals surface area contributed by atoms with E-state index < -0.39 is 0 Å². The van der Waals surface area contributed by atoms with Crippen molar-refractivity contribution in [2.45, 2.75) is 0 Å². The van der Waals surface area contributed by atoms with Crippen LogP contribution in [-0.4, -0.2) is 29.9 Å². The Morgan fingerprint density at radius 1 is 0.160 bits per heavy atom. The Hall–Kier alpha value is -14.3. The first-order chi connectivity index (χ1) is 52.5. The zero-order chi connectivity index (χ0) is 69.5. The van der Waals surface area contributed by atoms with Crippen LogP contribution >= 0.6 is 0 Å². The summed E-state index contributed by atoms with van der Waals surface area (Å²) in [6.45, 7) is 0. The minimum Gasteiger partial charge on any atom is -0.455 e. The minimum atomic E-state index is 0.532. The molecule has 0 spiro atoms. The van der Waals surface area contributed by atoms with E-state index in [1.165, 1.54) is 53.9 Å². The summed E-state index contributed by atoms with van der Waals surface area (Å²) in [5, 5.41) is 22.7. The second kappa shape index (κ2) is 23.6. The fraction of sp³-hybridized carbons (Fsp3) is 0. The lowest BCUT2D eigenvalue weighted by atomic mass is 9.93. The highest BCUT2D eigenvalue weighted by molar-refractivity contribution is 6.24. The van der Waals surface area contributed by atoms with Crippen LogP contribution in [0.3, 0.4) is 0 Å². The van der Waals surface area contributed by atoms with E-state index in [9.17, 15) is 0 Å². The normalized spacial score (nSPS) is 12.0. The molecule has 8 heteroatoms. The van der Waals surface area contributed by atoms with E-state index in [-0.39, 0.29) is 0 Å². The minimum absolute atomic E-state index is 0.532. The molecule has 106 heavy (non-hydrogen) atoms. The Labute approximate surface area is 606 Å². The number of aromatic nitrogens is 6. The third kappa shape index (κ3) is 9.69. The maximum absolute atomic E-state index is 7.32. The van der Waals surface area contributed by atoms with Crippen LogP contribution in [0.5, 0.6) is 0 Å². The molecule has 22 aromatic rings. The van der Waals surface area contributed by atoms with E-state index in [2.05, 4.69) is 291 Å². The second-order valence-corrected chi connectivity index (χ2v) is 27.6. The summed E-state index contributed by atoms with van der Waals surface area (Å²) in [7, 11) is 0. The van der Waals surface area contributed by atoms with Gasteiger partial charge < -0.3 is 8.83 Å². The highest BCUT2D eigenvalue weighted by Gasteiger charge is 2.25. The Bertz CT molecular complexity index is 7470. The summed E-state index contributed by atoms with van der Waals surface area (Å²) in [5.74, 6) is 3.33. The van der Waals surface area contributed by atoms with Crippen LogP contribution in [-0.2, 0) is 0 Å². The van der Waals surface area contributed by atoms with Crippen molar-refractivity contribution in [3.8, 4) is 102 Å². The van der Waals surface area contributed by atoms with Gasteiger partial charge in [-0.25, -0.2) is 29.9 Å². The standard InChI is InChI=1S/C98H56N6O2/c1-3-19-62(20-4-1)93-99-95(103-97(101-93)83-49-48-80(92-90(83)81-26-13-14-29-85(81)105-92)71-45-47-78-69(54-71)41-36-61-34-32-59-18-10-12-25-76(59)88(61)78)73-43-39-65-50-67(38-37-66(65)52-73)74-55-84(98-102-94(63-21-5-2-6-22-63)100-96(104-98)72-42-30-57-16-7-8-23-64(57)51-72)89-82-28-15-27-79(91(82)106-86(89)56-74)70-44-46-77-68(53-70)40-35-60-33-31-58-17-9-11-24-75(58)87(60)77/h1-56H. The first-order valence-corrected chi connectivity index (χ1v) is 35.8. The monoisotopic (exact) mass is 1350 g/mol. The zero-order valence-corrected chi connectivity index (χ0v) is 56.8. The van der Waals surface area contributed by atoms with Crippen LogP contribution in [0.2, 0.25) is 0 Å². The Morgan fingerprint density at radius 3 is 1.17 bits per heavy atom. The van der Waals surface area contributed by atoms with Crippen molar-refractivity contribution < 1.29 is 8.83 Å². The Balaban J connectivity index is 0.688. The average molecular weight is 1350 g/mol. The summed E-state index contributed by atoms with van der Waals surface area (Å²) in [4.78, 5) is 32.1. The Kier molecular flexibility index (Phi) is 13.2. The lowest BCUT2D eigenvalue weighted by Crippen LogP contribution is -2.01. The Morgan fingerprint density at radius 2 is 0.557 bits per heavy atom. The molecule has 4 heterocycles. The van der Waals surface area contributed by atoms with Crippen molar-refractivity contribution in [1.82, 2.24) is 29.9 Å². The number of benzene rings is 18. The molecular formula is C98H56N6O2. The van der Waals surface area contributed by atoms with E-state index in [4.69, 9.17) is 38.7 Å². The third-order valence-corrected chi connectivity index (χ3v) is 21.5. The van der Waals surface area contributed by atoms with E-state index in [0.717, 1.165) is 137 Å². The van der Waals surface area contributed by atoms with Crippen LogP contribution < -0.4 is 0 Å². The smallest absolute Gasteiger partial charge is 0.164 e. The first-order valence-electron chi connectivity index (χ1n) is 35.8. The molecule has 8 nitrogen and oxygen atoms in total. The van der Waals surface area contributed by atoms with Gasteiger partial charge in [0.15, 0.2) is 34.9 Å². The zero-order valence-electron chi connectivity index (χ0n) is 56.8. The molecule has 0 aliphatic carbocycles.